The quantitative estimate of drug-likeness (QED) is 0.458. The van der Waals surface area contributed by atoms with Gasteiger partial charge in [-0.15, -0.1) is 0 Å². The molecule has 6 rings (SSSR count). The summed E-state index contributed by atoms with van der Waals surface area (Å²) < 4.78 is 17.8. The lowest BCUT2D eigenvalue weighted by Gasteiger charge is -2.14. The van der Waals surface area contributed by atoms with Crippen LogP contribution in [0.3, 0.4) is 0 Å². The molecule has 4 heterocycles. The van der Waals surface area contributed by atoms with Crippen LogP contribution >= 0.6 is 11.6 Å². The molecule has 1 amide bonds. The van der Waals surface area contributed by atoms with Crippen molar-refractivity contribution in [1.29, 1.82) is 0 Å². The minimum atomic E-state index is -0.312. The summed E-state index contributed by atoms with van der Waals surface area (Å²) in [5.74, 6) is 1.27. The molecule has 2 aliphatic rings. The van der Waals surface area contributed by atoms with Crippen LogP contribution in [0.15, 0.2) is 54.6 Å². The number of aromatic nitrogens is 3. The van der Waals surface area contributed by atoms with Crippen LogP contribution in [-0.2, 0) is 19.5 Å². The van der Waals surface area contributed by atoms with E-state index in [1.165, 1.54) is 12.1 Å². The number of hydrogen-bond donors (Lipinski definition) is 2. The largest absolute Gasteiger partial charge is 0.370 e. The van der Waals surface area contributed by atoms with E-state index >= 15 is 0 Å². The summed E-state index contributed by atoms with van der Waals surface area (Å²) in [5, 5.41) is 7.94. The van der Waals surface area contributed by atoms with E-state index in [4.69, 9.17) is 16.6 Å². The zero-order chi connectivity index (χ0) is 22.5. The number of allylic oxidation sites excluding steroid dienone is 1. The molecular weight excluding hydrogens is 441 g/mol. The molecular formula is C25H21ClFN5O. The second-order valence-electron chi connectivity index (χ2n) is 8.39. The number of fused-ring (bicyclic) bond motifs is 4. The maximum atomic E-state index is 13.8. The van der Waals surface area contributed by atoms with Gasteiger partial charge in [0.1, 0.15) is 17.3 Å². The first kappa shape index (κ1) is 20.1. The zero-order valence-electron chi connectivity index (χ0n) is 17.7. The fourth-order valence-corrected chi connectivity index (χ4v) is 4.86. The molecule has 0 fully saturated rings. The molecule has 2 aromatic heterocycles. The SMILES string of the molecule is O=C(NC1=CCn2c1nc1c2NCCC1)c1cc2ccc(Cl)cc2n1Cc1cccc(F)c1. The summed E-state index contributed by atoms with van der Waals surface area (Å²) in [6.07, 6.45) is 3.97. The second kappa shape index (κ2) is 7.78. The monoisotopic (exact) mass is 461 g/mol. The van der Waals surface area contributed by atoms with Crippen LogP contribution in [0.4, 0.5) is 10.2 Å². The zero-order valence-corrected chi connectivity index (χ0v) is 18.5. The van der Waals surface area contributed by atoms with Crippen LogP contribution in [0.5, 0.6) is 0 Å². The van der Waals surface area contributed by atoms with Crippen molar-refractivity contribution in [2.45, 2.75) is 25.9 Å². The van der Waals surface area contributed by atoms with E-state index < -0.39 is 0 Å². The van der Waals surface area contributed by atoms with E-state index in [9.17, 15) is 9.18 Å². The molecule has 0 spiro atoms. The lowest BCUT2D eigenvalue weighted by Crippen LogP contribution is -2.25. The Morgan fingerprint density at radius 1 is 1.21 bits per heavy atom. The predicted octanol–water partition coefficient (Wildman–Crippen LogP) is 4.82. The predicted molar refractivity (Wildman–Crippen MR) is 127 cm³/mol. The highest BCUT2D eigenvalue weighted by Gasteiger charge is 2.27. The highest BCUT2D eigenvalue weighted by Crippen LogP contribution is 2.31. The van der Waals surface area contributed by atoms with Crippen LogP contribution < -0.4 is 10.6 Å². The molecule has 0 aliphatic carbocycles. The number of rotatable bonds is 4. The second-order valence-corrected chi connectivity index (χ2v) is 8.83. The maximum absolute atomic E-state index is 13.8. The Hall–Kier alpha value is -3.58. The molecule has 0 unspecified atom stereocenters. The first-order valence-electron chi connectivity index (χ1n) is 11.0. The van der Waals surface area contributed by atoms with Gasteiger partial charge in [-0.05, 0) is 54.8 Å². The number of halogens is 2. The van der Waals surface area contributed by atoms with Gasteiger partial charge in [0, 0.05) is 30.0 Å². The van der Waals surface area contributed by atoms with Gasteiger partial charge in [-0.1, -0.05) is 29.8 Å². The van der Waals surface area contributed by atoms with Crippen molar-refractivity contribution in [1.82, 2.24) is 19.4 Å². The van der Waals surface area contributed by atoms with Gasteiger partial charge in [-0.3, -0.25) is 4.79 Å². The van der Waals surface area contributed by atoms with Gasteiger partial charge < -0.3 is 19.8 Å². The van der Waals surface area contributed by atoms with Gasteiger partial charge in [-0.2, -0.15) is 0 Å². The van der Waals surface area contributed by atoms with Crippen LogP contribution in [0, 0.1) is 5.82 Å². The lowest BCUT2D eigenvalue weighted by atomic mass is 10.2. The molecule has 0 radical (unpaired) electrons. The third kappa shape index (κ3) is 3.49. The summed E-state index contributed by atoms with van der Waals surface area (Å²) >= 11 is 6.25. The van der Waals surface area contributed by atoms with Crippen LogP contribution in [0.2, 0.25) is 5.02 Å². The molecule has 2 N–H and O–H groups in total. The molecule has 8 heteroatoms. The van der Waals surface area contributed by atoms with E-state index in [0.29, 0.717) is 29.5 Å². The minimum Gasteiger partial charge on any atom is -0.370 e. The van der Waals surface area contributed by atoms with Gasteiger partial charge in [0.2, 0.25) is 0 Å². The Balaban J connectivity index is 1.36. The first-order valence-corrected chi connectivity index (χ1v) is 11.3. The average molecular weight is 462 g/mol. The third-order valence-electron chi connectivity index (χ3n) is 6.22. The first-order chi connectivity index (χ1) is 16.1. The number of hydrogen-bond acceptors (Lipinski definition) is 3. The molecule has 166 valence electrons. The Morgan fingerprint density at radius 2 is 2.12 bits per heavy atom. The van der Waals surface area contributed by atoms with E-state index in [2.05, 4.69) is 15.2 Å². The van der Waals surface area contributed by atoms with Crippen LogP contribution in [0.1, 0.15) is 34.0 Å². The summed E-state index contributed by atoms with van der Waals surface area (Å²) in [6.45, 7) is 1.95. The summed E-state index contributed by atoms with van der Waals surface area (Å²) in [5.41, 5.74) is 3.81. The molecule has 0 bridgehead atoms. The lowest BCUT2D eigenvalue weighted by molar-refractivity contribution is 0.0965. The van der Waals surface area contributed by atoms with Gasteiger partial charge in [0.05, 0.1) is 16.9 Å². The topological polar surface area (TPSA) is 63.9 Å². The molecule has 4 aromatic rings. The van der Waals surface area contributed by atoms with Gasteiger partial charge >= 0.3 is 0 Å². The highest BCUT2D eigenvalue weighted by atomic mass is 35.5. The molecule has 2 aromatic carbocycles. The highest BCUT2D eigenvalue weighted by molar-refractivity contribution is 6.31. The fourth-order valence-electron chi connectivity index (χ4n) is 4.69. The molecule has 0 saturated carbocycles. The number of amides is 1. The van der Waals surface area contributed by atoms with Crippen molar-refractivity contribution in [3.63, 3.8) is 0 Å². The van der Waals surface area contributed by atoms with Crippen molar-refractivity contribution < 1.29 is 9.18 Å². The number of imidazole rings is 1. The minimum absolute atomic E-state index is 0.243. The Morgan fingerprint density at radius 3 is 3.00 bits per heavy atom. The normalized spacial score (nSPS) is 14.5. The van der Waals surface area contributed by atoms with Gasteiger partial charge in [-0.25, -0.2) is 9.37 Å². The summed E-state index contributed by atoms with van der Waals surface area (Å²) in [7, 11) is 0. The van der Waals surface area contributed by atoms with Crippen molar-refractivity contribution in [2.75, 3.05) is 11.9 Å². The molecule has 0 saturated heterocycles. The van der Waals surface area contributed by atoms with Gasteiger partial charge in [0.25, 0.3) is 5.91 Å². The smallest absolute Gasteiger partial charge is 0.272 e. The maximum Gasteiger partial charge on any atom is 0.272 e. The fraction of sp³-hybridized carbons (Fsp3) is 0.200. The Kier molecular flexibility index (Phi) is 4.73. The number of nitrogens with zero attached hydrogens (tertiary/aromatic N) is 3. The molecule has 6 nitrogen and oxygen atoms in total. The molecule has 33 heavy (non-hydrogen) atoms. The van der Waals surface area contributed by atoms with E-state index in [-0.39, 0.29) is 11.7 Å². The van der Waals surface area contributed by atoms with Crippen molar-refractivity contribution >= 4 is 39.9 Å². The van der Waals surface area contributed by atoms with Crippen LogP contribution in [0.25, 0.3) is 16.6 Å². The number of anilines is 1. The summed E-state index contributed by atoms with van der Waals surface area (Å²) in [4.78, 5) is 18.2. The van der Waals surface area contributed by atoms with Crippen molar-refractivity contribution in [2.24, 2.45) is 0 Å². The van der Waals surface area contributed by atoms with Gasteiger partial charge in [0.15, 0.2) is 5.82 Å². The van der Waals surface area contributed by atoms with Crippen molar-refractivity contribution in [3.8, 4) is 0 Å². The standard InChI is InChI=1S/C25H21ClFN5O/c26-17-7-6-16-12-22(32(21(16)13-17)14-15-3-1-4-18(27)11-15)25(33)30-20-8-10-31-23-19(29-24(20)31)5-2-9-28-23/h1,3-4,6-8,11-13,28H,2,5,9-10,14H2,(H,30,33). The number of nitrogens with one attached hydrogen (secondary N) is 2. The van der Waals surface area contributed by atoms with E-state index in [1.807, 2.05) is 34.9 Å². The molecule has 2 aliphatic heterocycles. The number of aryl methyl sites for hydroxylation is 1. The molecule has 0 atom stereocenters. The number of carbonyl (C=O) groups excluding carboxylic acids is 1. The average Bonchev–Trinajstić information content (AvgIpc) is 3.47. The van der Waals surface area contributed by atoms with E-state index in [1.54, 1.807) is 12.1 Å². The third-order valence-corrected chi connectivity index (χ3v) is 6.45. The Bertz CT molecular complexity index is 1450. The number of benzene rings is 2. The van der Waals surface area contributed by atoms with E-state index in [0.717, 1.165) is 53.2 Å². The Labute approximate surface area is 194 Å². The number of carbonyl (C=O) groups is 1. The van der Waals surface area contributed by atoms with Crippen LogP contribution in [-0.4, -0.2) is 26.6 Å². The van der Waals surface area contributed by atoms with Crippen molar-refractivity contribution in [3.05, 3.63) is 88.2 Å². The summed E-state index contributed by atoms with van der Waals surface area (Å²) in [6, 6.07) is 13.8.